The first-order valence-electron chi connectivity index (χ1n) is 9.01. The van der Waals surface area contributed by atoms with E-state index in [9.17, 15) is 4.79 Å². The lowest BCUT2D eigenvalue weighted by molar-refractivity contribution is 0.102. The van der Waals surface area contributed by atoms with Crippen molar-refractivity contribution in [1.82, 2.24) is 5.32 Å². The lowest BCUT2D eigenvalue weighted by Gasteiger charge is -2.11. The summed E-state index contributed by atoms with van der Waals surface area (Å²) in [7, 11) is 0. The molecule has 3 aromatic rings. The Morgan fingerprint density at radius 3 is 2.37 bits per heavy atom. The molecular weight excluding hydrogens is 356 g/mol. The molecule has 0 aliphatic heterocycles. The lowest BCUT2D eigenvalue weighted by Crippen LogP contribution is -2.21. The molecule has 0 unspecified atom stereocenters. The molecule has 0 aromatic heterocycles. The van der Waals surface area contributed by atoms with Gasteiger partial charge in [-0.1, -0.05) is 61.8 Å². The van der Waals surface area contributed by atoms with E-state index in [0.717, 1.165) is 23.4 Å². The molecule has 4 heteroatoms. The summed E-state index contributed by atoms with van der Waals surface area (Å²) >= 11 is 5.97. The van der Waals surface area contributed by atoms with Crippen molar-refractivity contribution in [3.63, 3.8) is 0 Å². The average Bonchev–Trinajstić information content (AvgIpc) is 2.67. The van der Waals surface area contributed by atoms with Crippen LogP contribution >= 0.6 is 11.6 Å². The summed E-state index contributed by atoms with van der Waals surface area (Å²) in [4.78, 5) is 12.4. The van der Waals surface area contributed by atoms with E-state index in [1.807, 2.05) is 24.3 Å². The Hall–Kier alpha value is -2.62. The number of hydrogen-bond donors (Lipinski definition) is 2. The second-order valence-corrected chi connectivity index (χ2v) is 7.22. The number of benzene rings is 3. The van der Waals surface area contributed by atoms with E-state index in [2.05, 4.69) is 48.7 Å². The zero-order chi connectivity index (χ0) is 19.2. The Kier molecular flexibility index (Phi) is 6.28. The quantitative estimate of drug-likeness (QED) is 0.572. The van der Waals surface area contributed by atoms with Gasteiger partial charge in [0.05, 0.1) is 0 Å². The third-order valence-electron chi connectivity index (χ3n) is 4.18. The van der Waals surface area contributed by atoms with Crippen LogP contribution in [0.3, 0.4) is 0 Å². The van der Waals surface area contributed by atoms with Crippen molar-refractivity contribution >= 4 is 23.2 Å². The Bertz CT molecular complexity index is 937. The molecular formula is C23H23ClN2O. The van der Waals surface area contributed by atoms with Gasteiger partial charge in [-0.3, -0.25) is 4.79 Å². The number of carbonyl (C=O) groups is 1. The topological polar surface area (TPSA) is 41.1 Å². The summed E-state index contributed by atoms with van der Waals surface area (Å²) in [6.45, 7) is 5.10. The molecule has 0 heterocycles. The van der Waals surface area contributed by atoms with Crippen LogP contribution in [-0.2, 0) is 6.54 Å². The minimum Gasteiger partial charge on any atom is -0.322 e. The SMILES string of the molecule is CC(C)NCc1cccc(-c2cccc(NC(=O)c3cccc(Cl)c3)c2)c1. The van der Waals surface area contributed by atoms with Crippen LogP contribution in [0.4, 0.5) is 5.69 Å². The smallest absolute Gasteiger partial charge is 0.255 e. The zero-order valence-corrected chi connectivity index (χ0v) is 16.3. The van der Waals surface area contributed by atoms with E-state index in [1.54, 1.807) is 24.3 Å². The first-order chi connectivity index (χ1) is 13.0. The highest BCUT2D eigenvalue weighted by Gasteiger charge is 2.08. The summed E-state index contributed by atoms with van der Waals surface area (Å²) in [5.41, 5.74) is 4.70. The fourth-order valence-electron chi connectivity index (χ4n) is 2.79. The molecule has 0 saturated carbocycles. The molecule has 0 spiro atoms. The Morgan fingerprint density at radius 1 is 0.926 bits per heavy atom. The highest BCUT2D eigenvalue weighted by Crippen LogP contribution is 2.24. The normalized spacial score (nSPS) is 10.8. The van der Waals surface area contributed by atoms with Gasteiger partial charge in [0.2, 0.25) is 0 Å². The molecule has 0 saturated heterocycles. The molecule has 3 aromatic carbocycles. The molecule has 0 radical (unpaired) electrons. The summed E-state index contributed by atoms with van der Waals surface area (Å²) < 4.78 is 0. The Morgan fingerprint density at radius 2 is 1.63 bits per heavy atom. The third kappa shape index (κ3) is 5.43. The summed E-state index contributed by atoms with van der Waals surface area (Å²) in [5, 5.41) is 6.92. The number of nitrogens with one attached hydrogen (secondary N) is 2. The molecule has 0 fully saturated rings. The maximum atomic E-state index is 12.4. The summed E-state index contributed by atoms with van der Waals surface area (Å²) in [5.74, 6) is -0.176. The van der Waals surface area contributed by atoms with Gasteiger partial charge in [-0.25, -0.2) is 0 Å². The first kappa shape index (κ1) is 19.2. The molecule has 0 bridgehead atoms. The minimum absolute atomic E-state index is 0.176. The van der Waals surface area contributed by atoms with E-state index in [0.29, 0.717) is 16.6 Å². The largest absolute Gasteiger partial charge is 0.322 e. The fourth-order valence-corrected chi connectivity index (χ4v) is 2.98. The molecule has 0 aliphatic carbocycles. The molecule has 3 nitrogen and oxygen atoms in total. The lowest BCUT2D eigenvalue weighted by atomic mass is 10.0. The standard InChI is InChI=1S/C23H23ClN2O/c1-16(2)25-15-17-6-3-7-18(12-17)19-8-5-11-22(14-19)26-23(27)20-9-4-10-21(24)13-20/h3-14,16,25H,15H2,1-2H3,(H,26,27). The molecule has 0 atom stereocenters. The van der Waals surface area contributed by atoms with Gasteiger partial charge in [-0.15, -0.1) is 0 Å². The van der Waals surface area contributed by atoms with Crippen LogP contribution in [0.25, 0.3) is 11.1 Å². The second-order valence-electron chi connectivity index (χ2n) is 6.78. The number of halogens is 1. The van der Waals surface area contributed by atoms with E-state index < -0.39 is 0 Å². The van der Waals surface area contributed by atoms with Crippen LogP contribution < -0.4 is 10.6 Å². The van der Waals surface area contributed by atoms with Crippen molar-refractivity contribution in [2.75, 3.05) is 5.32 Å². The highest BCUT2D eigenvalue weighted by molar-refractivity contribution is 6.31. The van der Waals surface area contributed by atoms with Crippen molar-refractivity contribution in [2.24, 2.45) is 0 Å². The van der Waals surface area contributed by atoms with Crippen LogP contribution in [-0.4, -0.2) is 11.9 Å². The summed E-state index contributed by atoms with van der Waals surface area (Å²) in [6.07, 6.45) is 0. The van der Waals surface area contributed by atoms with Gasteiger partial charge in [0.25, 0.3) is 5.91 Å². The Labute approximate surface area is 165 Å². The van der Waals surface area contributed by atoms with E-state index >= 15 is 0 Å². The highest BCUT2D eigenvalue weighted by atomic mass is 35.5. The van der Waals surface area contributed by atoms with Crippen molar-refractivity contribution in [1.29, 1.82) is 0 Å². The van der Waals surface area contributed by atoms with Crippen LogP contribution in [0.15, 0.2) is 72.8 Å². The van der Waals surface area contributed by atoms with Gasteiger partial charge < -0.3 is 10.6 Å². The van der Waals surface area contributed by atoms with Gasteiger partial charge in [0.15, 0.2) is 0 Å². The maximum Gasteiger partial charge on any atom is 0.255 e. The third-order valence-corrected chi connectivity index (χ3v) is 4.42. The van der Waals surface area contributed by atoms with Crippen molar-refractivity contribution in [3.05, 3.63) is 88.9 Å². The maximum absolute atomic E-state index is 12.4. The van der Waals surface area contributed by atoms with E-state index in [4.69, 9.17) is 11.6 Å². The van der Waals surface area contributed by atoms with E-state index in [1.165, 1.54) is 5.56 Å². The predicted molar refractivity (Wildman–Crippen MR) is 113 cm³/mol. The van der Waals surface area contributed by atoms with Crippen molar-refractivity contribution < 1.29 is 4.79 Å². The number of carbonyl (C=O) groups excluding carboxylic acids is 1. The second kappa shape index (κ2) is 8.85. The fraction of sp³-hybridized carbons (Fsp3) is 0.174. The van der Waals surface area contributed by atoms with Crippen molar-refractivity contribution in [3.8, 4) is 11.1 Å². The first-order valence-corrected chi connectivity index (χ1v) is 9.39. The van der Waals surface area contributed by atoms with Crippen LogP contribution in [0.5, 0.6) is 0 Å². The predicted octanol–water partition coefficient (Wildman–Crippen LogP) is 5.76. The van der Waals surface area contributed by atoms with Gasteiger partial charge in [0, 0.05) is 28.9 Å². The molecule has 0 aliphatic rings. The van der Waals surface area contributed by atoms with Gasteiger partial charge in [-0.05, 0) is 53.1 Å². The molecule has 1 amide bonds. The van der Waals surface area contributed by atoms with Crippen molar-refractivity contribution in [2.45, 2.75) is 26.4 Å². The molecule has 2 N–H and O–H groups in total. The van der Waals surface area contributed by atoms with Gasteiger partial charge >= 0.3 is 0 Å². The molecule has 27 heavy (non-hydrogen) atoms. The minimum atomic E-state index is -0.176. The van der Waals surface area contributed by atoms with Crippen LogP contribution in [0.2, 0.25) is 5.02 Å². The Balaban J connectivity index is 1.77. The number of hydrogen-bond acceptors (Lipinski definition) is 2. The number of rotatable bonds is 6. The average molecular weight is 379 g/mol. The molecule has 138 valence electrons. The van der Waals surface area contributed by atoms with Crippen LogP contribution in [0, 0.1) is 0 Å². The number of amides is 1. The van der Waals surface area contributed by atoms with Gasteiger partial charge in [0.1, 0.15) is 0 Å². The zero-order valence-electron chi connectivity index (χ0n) is 15.5. The summed E-state index contributed by atoms with van der Waals surface area (Å²) in [6, 6.07) is 23.7. The molecule has 3 rings (SSSR count). The van der Waals surface area contributed by atoms with Gasteiger partial charge in [-0.2, -0.15) is 0 Å². The van der Waals surface area contributed by atoms with E-state index in [-0.39, 0.29) is 5.91 Å². The monoisotopic (exact) mass is 378 g/mol. The number of anilines is 1. The van der Waals surface area contributed by atoms with Crippen LogP contribution in [0.1, 0.15) is 29.8 Å².